The van der Waals surface area contributed by atoms with Crippen molar-refractivity contribution in [2.45, 2.75) is 63.9 Å². The van der Waals surface area contributed by atoms with Gasteiger partial charge in [-0.05, 0) is 42.4 Å². The van der Waals surface area contributed by atoms with Crippen molar-refractivity contribution in [2.75, 3.05) is 25.1 Å². The lowest BCUT2D eigenvalue weighted by Crippen LogP contribution is -2.40. The van der Waals surface area contributed by atoms with Crippen molar-refractivity contribution in [1.82, 2.24) is 15.2 Å². The average Bonchev–Trinajstić information content (AvgIpc) is 3.22. The molecule has 2 aliphatic rings. The second-order valence-corrected chi connectivity index (χ2v) is 8.84. The number of carbonyl (C=O) groups is 1. The van der Waals surface area contributed by atoms with E-state index in [1.54, 1.807) is 19.4 Å². The second kappa shape index (κ2) is 8.69. The Bertz CT molecular complexity index is 933. The number of hydrogen-bond acceptors (Lipinski definition) is 7. The molecule has 2 aromatic heterocycles. The minimum Gasteiger partial charge on any atom is -0.489 e. The Hall–Kier alpha value is -2.90. The highest BCUT2D eigenvalue weighted by atomic mass is 16.5. The van der Waals surface area contributed by atoms with Crippen LogP contribution in [0.4, 0.5) is 5.82 Å². The maximum atomic E-state index is 12.1. The first-order chi connectivity index (χ1) is 14.9. The van der Waals surface area contributed by atoms with Crippen LogP contribution < -0.4 is 20.1 Å². The van der Waals surface area contributed by atoms with Gasteiger partial charge < -0.3 is 20.1 Å². The molecule has 0 bridgehead atoms. The summed E-state index contributed by atoms with van der Waals surface area (Å²) < 4.78 is 11.2. The van der Waals surface area contributed by atoms with Crippen LogP contribution in [0, 0.1) is 6.92 Å². The summed E-state index contributed by atoms with van der Waals surface area (Å²) in [5, 5.41) is 8.71. The van der Waals surface area contributed by atoms with E-state index in [9.17, 15) is 4.79 Å². The molecule has 166 valence electrons. The molecule has 1 saturated heterocycles. The van der Waals surface area contributed by atoms with Gasteiger partial charge in [-0.1, -0.05) is 19.8 Å². The number of rotatable bonds is 6. The van der Waals surface area contributed by atoms with Gasteiger partial charge in [0.05, 0.1) is 13.3 Å². The van der Waals surface area contributed by atoms with Crippen LogP contribution in [0.5, 0.6) is 11.6 Å². The SMILES string of the molecule is COc1ccc(OC2CCN(c3nnc(C(N)=O)c(C4(C)CCCC4)c3C)CC2)cn1. The third kappa shape index (κ3) is 4.29. The number of aromatic nitrogens is 3. The van der Waals surface area contributed by atoms with Crippen LogP contribution in [0.1, 0.15) is 67.1 Å². The number of nitrogens with zero attached hydrogens (tertiary/aromatic N) is 4. The standard InChI is InChI=1S/C23H31N5O3/c1-15-19(23(2)10-4-5-11-23)20(21(24)29)26-27-22(15)28-12-8-16(9-13-28)31-17-6-7-18(30-3)25-14-17/h6-7,14,16H,4-5,8-13H2,1-3H3,(H2,24,29). The van der Waals surface area contributed by atoms with Crippen molar-refractivity contribution in [3.63, 3.8) is 0 Å². The summed E-state index contributed by atoms with van der Waals surface area (Å²) in [6.45, 7) is 5.91. The van der Waals surface area contributed by atoms with Crippen molar-refractivity contribution in [3.05, 3.63) is 35.2 Å². The van der Waals surface area contributed by atoms with E-state index in [-0.39, 0.29) is 11.5 Å². The van der Waals surface area contributed by atoms with Gasteiger partial charge in [0.25, 0.3) is 5.91 Å². The van der Waals surface area contributed by atoms with Gasteiger partial charge in [0.1, 0.15) is 11.9 Å². The molecule has 2 N–H and O–H groups in total. The summed E-state index contributed by atoms with van der Waals surface area (Å²) in [5.74, 6) is 1.68. The van der Waals surface area contributed by atoms with E-state index in [1.807, 2.05) is 6.07 Å². The maximum absolute atomic E-state index is 12.1. The minimum atomic E-state index is -0.495. The Kier molecular flexibility index (Phi) is 5.98. The van der Waals surface area contributed by atoms with Crippen LogP contribution in [0.3, 0.4) is 0 Å². The quantitative estimate of drug-likeness (QED) is 0.758. The van der Waals surface area contributed by atoms with Gasteiger partial charge in [0, 0.05) is 32.0 Å². The number of piperidine rings is 1. The Balaban J connectivity index is 1.49. The summed E-state index contributed by atoms with van der Waals surface area (Å²) in [5.41, 5.74) is 7.95. The van der Waals surface area contributed by atoms with Crippen molar-refractivity contribution in [1.29, 1.82) is 0 Å². The fourth-order valence-corrected chi connectivity index (χ4v) is 5.06. The molecule has 1 aliphatic carbocycles. The van der Waals surface area contributed by atoms with Gasteiger partial charge in [-0.3, -0.25) is 4.79 Å². The van der Waals surface area contributed by atoms with Crippen LogP contribution in [0.2, 0.25) is 0 Å². The highest BCUT2D eigenvalue weighted by Gasteiger charge is 2.37. The molecule has 31 heavy (non-hydrogen) atoms. The van der Waals surface area contributed by atoms with E-state index in [1.165, 1.54) is 0 Å². The van der Waals surface area contributed by atoms with Crippen LogP contribution >= 0.6 is 0 Å². The Morgan fingerprint density at radius 1 is 1.19 bits per heavy atom. The van der Waals surface area contributed by atoms with Crippen molar-refractivity contribution < 1.29 is 14.3 Å². The lowest BCUT2D eigenvalue weighted by molar-refractivity contribution is 0.0991. The lowest BCUT2D eigenvalue weighted by atomic mass is 9.77. The molecule has 0 atom stereocenters. The number of anilines is 1. The molecule has 2 aromatic rings. The van der Waals surface area contributed by atoms with E-state index in [0.717, 1.165) is 74.3 Å². The van der Waals surface area contributed by atoms with Gasteiger partial charge in [0.15, 0.2) is 11.5 Å². The number of pyridine rings is 1. The van der Waals surface area contributed by atoms with Crippen LogP contribution in [-0.2, 0) is 5.41 Å². The van der Waals surface area contributed by atoms with E-state index >= 15 is 0 Å². The largest absolute Gasteiger partial charge is 0.489 e. The van der Waals surface area contributed by atoms with E-state index < -0.39 is 5.91 Å². The third-order valence-corrected chi connectivity index (χ3v) is 6.70. The number of primary amides is 1. The first-order valence-corrected chi connectivity index (χ1v) is 11.0. The molecule has 0 aromatic carbocycles. The van der Waals surface area contributed by atoms with Gasteiger partial charge in [-0.25, -0.2) is 4.98 Å². The number of amides is 1. The molecule has 0 spiro atoms. The molecular weight excluding hydrogens is 394 g/mol. The highest BCUT2D eigenvalue weighted by molar-refractivity contribution is 5.93. The normalized spacial score (nSPS) is 18.7. The molecular formula is C23H31N5O3. The highest BCUT2D eigenvalue weighted by Crippen LogP contribution is 2.44. The first kappa shape index (κ1) is 21.3. The fourth-order valence-electron chi connectivity index (χ4n) is 5.06. The molecule has 4 rings (SSSR count). The predicted octanol–water partition coefficient (Wildman–Crippen LogP) is 3.17. The van der Waals surface area contributed by atoms with E-state index in [4.69, 9.17) is 15.2 Å². The zero-order valence-electron chi connectivity index (χ0n) is 18.6. The molecule has 1 amide bonds. The van der Waals surface area contributed by atoms with Gasteiger partial charge >= 0.3 is 0 Å². The maximum Gasteiger partial charge on any atom is 0.269 e. The van der Waals surface area contributed by atoms with Crippen molar-refractivity contribution in [3.8, 4) is 11.6 Å². The fraction of sp³-hybridized carbons (Fsp3) is 0.565. The molecule has 3 heterocycles. The Labute approximate surface area is 183 Å². The summed E-state index contributed by atoms with van der Waals surface area (Å²) >= 11 is 0. The number of nitrogens with two attached hydrogens (primary N) is 1. The van der Waals surface area contributed by atoms with Crippen molar-refractivity contribution in [2.24, 2.45) is 5.73 Å². The van der Waals surface area contributed by atoms with Crippen LogP contribution in [0.25, 0.3) is 0 Å². The molecule has 2 fully saturated rings. The zero-order valence-corrected chi connectivity index (χ0v) is 18.6. The van der Waals surface area contributed by atoms with Crippen molar-refractivity contribution >= 4 is 11.7 Å². The smallest absolute Gasteiger partial charge is 0.269 e. The van der Waals surface area contributed by atoms with Gasteiger partial charge in [0.2, 0.25) is 5.88 Å². The lowest BCUT2D eigenvalue weighted by Gasteiger charge is -2.35. The summed E-state index contributed by atoms with van der Waals surface area (Å²) in [7, 11) is 1.60. The summed E-state index contributed by atoms with van der Waals surface area (Å²) in [4.78, 5) is 18.5. The molecule has 8 heteroatoms. The van der Waals surface area contributed by atoms with Crippen LogP contribution in [-0.4, -0.2) is 47.4 Å². The molecule has 0 unspecified atom stereocenters. The van der Waals surface area contributed by atoms with Crippen LogP contribution in [0.15, 0.2) is 18.3 Å². The molecule has 8 nitrogen and oxygen atoms in total. The van der Waals surface area contributed by atoms with Gasteiger partial charge in [-0.2, -0.15) is 0 Å². The van der Waals surface area contributed by atoms with E-state index in [2.05, 4.69) is 33.9 Å². The Morgan fingerprint density at radius 3 is 2.48 bits per heavy atom. The molecule has 0 radical (unpaired) electrons. The zero-order chi connectivity index (χ0) is 22.0. The molecule has 1 aliphatic heterocycles. The monoisotopic (exact) mass is 425 g/mol. The number of methoxy groups -OCH3 is 1. The summed E-state index contributed by atoms with van der Waals surface area (Å²) in [6.07, 6.45) is 7.98. The number of carbonyl (C=O) groups excluding carboxylic acids is 1. The van der Waals surface area contributed by atoms with E-state index in [0.29, 0.717) is 11.6 Å². The third-order valence-electron chi connectivity index (χ3n) is 6.70. The second-order valence-electron chi connectivity index (χ2n) is 8.84. The van der Waals surface area contributed by atoms with Gasteiger partial charge in [-0.15, -0.1) is 10.2 Å². The minimum absolute atomic E-state index is 0.0675. The topological polar surface area (TPSA) is 103 Å². The number of hydrogen-bond donors (Lipinski definition) is 1. The first-order valence-electron chi connectivity index (χ1n) is 11.0. The summed E-state index contributed by atoms with van der Waals surface area (Å²) in [6, 6.07) is 3.68. The average molecular weight is 426 g/mol. The Morgan fingerprint density at radius 2 is 1.90 bits per heavy atom. The predicted molar refractivity (Wildman–Crippen MR) is 118 cm³/mol. The molecule has 1 saturated carbocycles. The number of ether oxygens (including phenoxy) is 2.